The summed E-state index contributed by atoms with van der Waals surface area (Å²) in [5.74, 6) is 0.679. The van der Waals surface area contributed by atoms with Crippen molar-refractivity contribution in [1.29, 1.82) is 0 Å². The van der Waals surface area contributed by atoms with Gasteiger partial charge in [0.2, 0.25) is 0 Å². The number of aromatic nitrogens is 6. The maximum Gasteiger partial charge on any atom is 0.330 e. The zero-order valence-corrected chi connectivity index (χ0v) is 16.2. The van der Waals surface area contributed by atoms with Crippen molar-refractivity contribution in [1.82, 2.24) is 29.3 Å². The van der Waals surface area contributed by atoms with Crippen molar-refractivity contribution in [2.75, 3.05) is 5.73 Å². The van der Waals surface area contributed by atoms with Gasteiger partial charge in [-0.3, -0.25) is 19.4 Å². The molecule has 9 heteroatoms. The van der Waals surface area contributed by atoms with Gasteiger partial charge in [0.15, 0.2) is 5.52 Å². The predicted molar refractivity (Wildman–Crippen MR) is 111 cm³/mol. The van der Waals surface area contributed by atoms with Crippen LogP contribution in [-0.4, -0.2) is 29.3 Å². The minimum atomic E-state index is -0.416. The number of nitrogen functional groups attached to an aromatic ring is 1. The molecule has 9 nitrogen and oxygen atoms in total. The Balaban J connectivity index is 1.80. The fraction of sp³-hybridized carbons (Fsp3) is 0.300. The number of rotatable bonds is 7. The van der Waals surface area contributed by atoms with Gasteiger partial charge in [-0.2, -0.15) is 5.10 Å². The lowest BCUT2D eigenvalue weighted by Crippen LogP contribution is -2.35. The van der Waals surface area contributed by atoms with Gasteiger partial charge in [0, 0.05) is 25.0 Å². The Kier molecular flexibility index (Phi) is 5.03. The highest BCUT2D eigenvalue weighted by Gasteiger charge is 2.18. The van der Waals surface area contributed by atoms with Crippen molar-refractivity contribution in [2.24, 2.45) is 0 Å². The third-order valence-electron chi connectivity index (χ3n) is 4.88. The van der Waals surface area contributed by atoms with Crippen LogP contribution in [0, 0.1) is 0 Å². The number of hydrogen-bond donors (Lipinski definition) is 3. The molecule has 29 heavy (non-hydrogen) atoms. The summed E-state index contributed by atoms with van der Waals surface area (Å²) in [6.07, 6.45) is 3.56. The van der Waals surface area contributed by atoms with Crippen LogP contribution in [0.15, 0.2) is 46.1 Å². The highest BCUT2D eigenvalue weighted by atomic mass is 16.2. The van der Waals surface area contributed by atoms with E-state index < -0.39 is 5.69 Å². The van der Waals surface area contributed by atoms with E-state index in [1.54, 1.807) is 6.20 Å². The molecule has 4 N–H and O–H groups in total. The van der Waals surface area contributed by atoms with Crippen molar-refractivity contribution >= 4 is 16.9 Å². The van der Waals surface area contributed by atoms with E-state index in [1.165, 1.54) is 4.57 Å². The molecule has 0 aliphatic heterocycles. The van der Waals surface area contributed by atoms with Gasteiger partial charge in [-0.05, 0) is 36.6 Å². The third-order valence-corrected chi connectivity index (χ3v) is 4.88. The highest BCUT2D eigenvalue weighted by molar-refractivity contribution is 5.70. The van der Waals surface area contributed by atoms with E-state index in [4.69, 9.17) is 5.73 Å². The number of aromatic amines is 2. The van der Waals surface area contributed by atoms with Gasteiger partial charge in [0.25, 0.3) is 5.56 Å². The summed E-state index contributed by atoms with van der Waals surface area (Å²) in [7, 11) is 0. The van der Waals surface area contributed by atoms with E-state index in [-0.39, 0.29) is 11.1 Å². The van der Waals surface area contributed by atoms with Crippen molar-refractivity contribution in [3.05, 3.63) is 74.4 Å². The number of imidazole rings is 1. The van der Waals surface area contributed by atoms with Crippen LogP contribution in [0.2, 0.25) is 0 Å². The van der Waals surface area contributed by atoms with Crippen LogP contribution in [0.25, 0.3) is 11.2 Å². The average molecular weight is 393 g/mol. The largest absolute Gasteiger partial charge is 0.399 e. The van der Waals surface area contributed by atoms with E-state index in [2.05, 4.69) is 20.2 Å². The Labute approximate surface area is 166 Å². The van der Waals surface area contributed by atoms with Crippen LogP contribution < -0.4 is 17.0 Å². The first-order chi connectivity index (χ1) is 14.1. The van der Waals surface area contributed by atoms with Crippen LogP contribution in [0.1, 0.15) is 30.4 Å². The van der Waals surface area contributed by atoms with Crippen LogP contribution in [0.5, 0.6) is 0 Å². The molecule has 4 rings (SSSR count). The van der Waals surface area contributed by atoms with Crippen LogP contribution >= 0.6 is 0 Å². The Bertz CT molecular complexity index is 1250. The highest BCUT2D eigenvalue weighted by Crippen LogP contribution is 2.15. The summed E-state index contributed by atoms with van der Waals surface area (Å²) in [4.78, 5) is 32.8. The normalized spacial score (nSPS) is 11.3. The van der Waals surface area contributed by atoms with Gasteiger partial charge in [-0.1, -0.05) is 19.1 Å². The molecule has 0 amide bonds. The van der Waals surface area contributed by atoms with Gasteiger partial charge in [-0.15, -0.1) is 0 Å². The molecule has 0 saturated heterocycles. The molecule has 0 fully saturated rings. The standard InChI is InChI=1S/C20H23N7O2/c1-2-9-27-19(28)17-18(24-20(27)29)26(10-7-13-4-3-5-14(21)11-13)16(23-17)12-15-6-8-22-25-15/h3-6,8,11H,2,7,9-10,12,21H2,1H3,(H,22,25)(H,24,29). The minimum Gasteiger partial charge on any atom is -0.399 e. The summed E-state index contributed by atoms with van der Waals surface area (Å²) in [6, 6.07) is 9.53. The predicted octanol–water partition coefficient (Wildman–Crippen LogP) is 1.44. The summed E-state index contributed by atoms with van der Waals surface area (Å²) >= 11 is 0. The molecule has 0 bridgehead atoms. The Morgan fingerprint density at radius 3 is 2.72 bits per heavy atom. The second-order valence-corrected chi connectivity index (χ2v) is 7.00. The van der Waals surface area contributed by atoms with E-state index in [0.29, 0.717) is 49.5 Å². The van der Waals surface area contributed by atoms with Crippen LogP contribution in [0.3, 0.4) is 0 Å². The topological polar surface area (TPSA) is 127 Å². The number of H-pyrrole nitrogens is 2. The fourth-order valence-corrected chi connectivity index (χ4v) is 3.51. The second-order valence-electron chi connectivity index (χ2n) is 7.00. The quantitative estimate of drug-likeness (QED) is 0.409. The van der Waals surface area contributed by atoms with E-state index >= 15 is 0 Å². The fourth-order valence-electron chi connectivity index (χ4n) is 3.51. The minimum absolute atomic E-state index is 0.274. The Morgan fingerprint density at radius 2 is 2.00 bits per heavy atom. The molecular formula is C20H23N7O2. The molecule has 1 aromatic carbocycles. The van der Waals surface area contributed by atoms with E-state index in [1.807, 2.05) is 41.8 Å². The molecule has 3 heterocycles. The van der Waals surface area contributed by atoms with Gasteiger partial charge in [0.05, 0.1) is 12.1 Å². The van der Waals surface area contributed by atoms with Crippen molar-refractivity contribution < 1.29 is 0 Å². The third kappa shape index (κ3) is 3.71. The first kappa shape index (κ1) is 18.7. The molecule has 3 aromatic heterocycles. The monoisotopic (exact) mass is 393 g/mol. The van der Waals surface area contributed by atoms with Gasteiger partial charge in [0.1, 0.15) is 11.5 Å². The first-order valence-corrected chi connectivity index (χ1v) is 9.62. The van der Waals surface area contributed by atoms with E-state index in [9.17, 15) is 9.59 Å². The lowest BCUT2D eigenvalue weighted by atomic mass is 10.1. The summed E-state index contributed by atoms with van der Waals surface area (Å²) in [6.45, 7) is 2.82. The van der Waals surface area contributed by atoms with Crippen molar-refractivity contribution in [3.63, 3.8) is 0 Å². The number of nitrogens with two attached hydrogens (primary N) is 1. The molecular weight excluding hydrogens is 370 g/mol. The average Bonchev–Trinajstić information content (AvgIpc) is 3.32. The maximum absolute atomic E-state index is 12.9. The number of nitrogens with zero attached hydrogens (tertiary/aromatic N) is 4. The summed E-state index contributed by atoms with van der Waals surface area (Å²) in [5.41, 5.74) is 8.40. The molecule has 4 aromatic rings. The zero-order chi connectivity index (χ0) is 20.4. The molecule has 0 radical (unpaired) electrons. The van der Waals surface area contributed by atoms with Crippen LogP contribution in [-0.2, 0) is 25.9 Å². The van der Waals surface area contributed by atoms with Gasteiger partial charge >= 0.3 is 5.69 Å². The second kappa shape index (κ2) is 7.78. The molecule has 0 spiro atoms. The SMILES string of the molecule is CCCn1c(=O)[nH]c2c(nc(Cc3cc[nH]n3)n2CCc2cccc(N)c2)c1=O. The molecule has 0 aliphatic rings. The van der Waals surface area contributed by atoms with Crippen LogP contribution in [0.4, 0.5) is 5.69 Å². The van der Waals surface area contributed by atoms with Crippen molar-refractivity contribution in [3.8, 4) is 0 Å². The van der Waals surface area contributed by atoms with Gasteiger partial charge in [-0.25, -0.2) is 9.78 Å². The smallest absolute Gasteiger partial charge is 0.330 e. The van der Waals surface area contributed by atoms with Gasteiger partial charge < -0.3 is 10.3 Å². The number of nitrogens with one attached hydrogen (secondary N) is 2. The number of anilines is 1. The number of hydrogen-bond acceptors (Lipinski definition) is 5. The molecule has 0 unspecified atom stereocenters. The maximum atomic E-state index is 12.9. The Hall–Kier alpha value is -3.62. The molecule has 0 saturated carbocycles. The molecule has 0 aliphatic carbocycles. The first-order valence-electron chi connectivity index (χ1n) is 9.62. The zero-order valence-electron chi connectivity index (χ0n) is 16.2. The lowest BCUT2D eigenvalue weighted by molar-refractivity contribution is 0.617. The summed E-state index contributed by atoms with van der Waals surface area (Å²) in [5, 5.41) is 6.98. The number of aryl methyl sites for hydroxylation is 2. The summed E-state index contributed by atoms with van der Waals surface area (Å²) < 4.78 is 3.10. The Morgan fingerprint density at radius 1 is 1.14 bits per heavy atom. The molecule has 0 atom stereocenters. The van der Waals surface area contributed by atoms with E-state index in [0.717, 1.165) is 11.3 Å². The number of benzene rings is 1. The molecule has 150 valence electrons. The van der Waals surface area contributed by atoms with Crippen molar-refractivity contribution in [2.45, 2.75) is 39.3 Å². The number of fused-ring (bicyclic) bond motifs is 1. The lowest BCUT2D eigenvalue weighted by Gasteiger charge is -2.09.